The van der Waals surface area contributed by atoms with Gasteiger partial charge in [-0.3, -0.25) is 0 Å². The normalized spacial score (nSPS) is 15.2. The third-order valence-corrected chi connectivity index (χ3v) is 4.50. The van der Waals surface area contributed by atoms with Crippen molar-refractivity contribution in [2.75, 3.05) is 0 Å². The van der Waals surface area contributed by atoms with Crippen molar-refractivity contribution in [3.63, 3.8) is 0 Å². The molecule has 3 heteroatoms. The van der Waals surface area contributed by atoms with E-state index in [-0.39, 0.29) is 0 Å². The van der Waals surface area contributed by atoms with Gasteiger partial charge in [-0.2, -0.15) is 0 Å². The molecule has 3 rings (SSSR count). The highest BCUT2D eigenvalue weighted by Crippen LogP contribution is 2.27. The molecule has 2 aromatic rings. The molecule has 0 unspecified atom stereocenters. The van der Waals surface area contributed by atoms with E-state index in [2.05, 4.69) is 42.1 Å². The van der Waals surface area contributed by atoms with Gasteiger partial charge in [-0.15, -0.1) is 0 Å². The lowest BCUT2D eigenvalue weighted by molar-refractivity contribution is 0.517. The smallest absolute Gasteiger partial charge is 0.0498 e. The van der Waals surface area contributed by atoms with E-state index in [9.17, 15) is 0 Å². The van der Waals surface area contributed by atoms with Crippen LogP contribution in [0.1, 0.15) is 45.1 Å². The second-order valence-electron chi connectivity index (χ2n) is 6.70. The summed E-state index contributed by atoms with van der Waals surface area (Å²) in [5.74, 6) is 0.770. The fourth-order valence-corrected chi connectivity index (χ4v) is 3.05. The summed E-state index contributed by atoms with van der Waals surface area (Å²) in [4.78, 5) is 0. The van der Waals surface area contributed by atoms with E-state index < -0.39 is 0 Å². The first kappa shape index (κ1) is 14.9. The average molecular weight is 305 g/mol. The molecule has 1 heterocycles. The standard InChI is InChI=1S/C18H25ClN2/c1-13(2)4-3-9-21-12-14(11-20-16-6-7-16)17-8-5-15(19)10-18(17)21/h5,8,10,12-13,16,20H,3-4,6-7,9,11H2,1-2H3. The summed E-state index contributed by atoms with van der Waals surface area (Å²) < 4.78 is 2.38. The molecule has 1 saturated carbocycles. The molecule has 0 saturated heterocycles. The van der Waals surface area contributed by atoms with E-state index in [1.165, 1.54) is 42.1 Å². The molecule has 0 radical (unpaired) electrons. The molecule has 21 heavy (non-hydrogen) atoms. The number of fused-ring (bicyclic) bond motifs is 1. The van der Waals surface area contributed by atoms with Crippen molar-refractivity contribution in [2.45, 2.75) is 58.7 Å². The van der Waals surface area contributed by atoms with Crippen LogP contribution in [-0.2, 0) is 13.1 Å². The molecular weight excluding hydrogens is 280 g/mol. The van der Waals surface area contributed by atoms with Crippen LogP contribution in [0.25, 0.3) is 10.9 Å². The molecule has 2 nitrogen and oxygen atoms in total. The maximum Gasteiger partial charge on any atom is 0.0498 e. The average Bonchev–Trinajstić information content (AvgIpc) is 3.20. The van der Waals surface area contributed by atoms with E-state index in [0.29, 0.717) is 0 Å². The molecule has 0 aliphatic heterocycles. The number of nitrogens with zero attached hydrogens (tertiary/aromatic N) is 1. The van der Waals surface area contributed by atoms with Gasteiger partial charge in [0.2, 0.25) is 0 Å². The van der Waals surface area contributed by atoms with Gasteiger partial charge in [0.05, 0.1) is 0 Å². The Balaban J connectivity index is 1.81. The Morgan fingerprint density at radius 1 is 1.33 bits per heavy atom. The van der Waals surface area contributed by atoms with Gasteiger partial charge in [0.25, 0.3) is 0 Å². The van der Waals surface area contributed by atoms with Gasteiger partial charge in [-0.05, 0) is 49.3 Å². The predicted molar refractivity (Wildman–Crippen MR) is 90.9 cm³/mol. The number of hydrogen-bond acceptors (Lipinski definition) is 1. The Labute approximate surface area is 132 Å². The number of rotatable bonds is 7. The van der Waals surface area contributed by atoms with Gasteiger partial charge in [0.1, 0.15) is 0 Å². The van der Waals surface area contributed by atoms with Gasteiger partial charge in [0.15, 0.2) is 0 Å². The SMILES string of the molecule is CC(C)CCCn1cc(CNC2CC2)c2ccc(Cl)cc21. The first-order valence-electron chi connectivity index (χ1n) is 8.14. The number of benzene rings is 1. The van der Waals surface area contributed by atoms with Crippen molar-refractivity contribution >= 4 is 22.5 Å². The van der Waals surface area contributed by atoms with Crippen LogP contribution in [0.3, 0.4) is 0 Å². The molecule has 1 aliphatic carbocycles. The topological polar surface area (TPSA) is 17.0 Å². The molecular formula is C18H25ClN2. The third-order valence-electron chi connectivity index (χ3n) is 4.27. The fraction of sp³-hybridized carbons (Fsp3) is 0.556. The van der Waals surface area contributed by atoms with Gasteiger partial charge in [0, 0.05) is 41.3 Å². The van der Waals surface area contributed by atoms with Gasteiger partial charge in [-0.1, -0.05) is 31.5 Å². The number of aromatic nitrogens is 1. The molecule has 0 spiro atoms. The van der Waals surface area contributed by atoms with Crippen LogP contribution >= 0.6 is 11.6 Å². The molecule has 1 aliphatic rings. The Bertz CT molecular complexity index is 611. The summed E-state index contributed by atoms with van der Waals surface area (Å²) in [5.41, 5.74) is 2.68. The van der Waals surface area contributed by atoms with Gasteiger partial charge < -0.3 is 9.88 Å². The van der Waals surface area contributed by atoms with Crippen LogP contribution in [0, 0.1) is 5.92 Å². The van der Waals surface area contributed by atoms with Gasteiger partial charge in [-0.25, -0.2) is 0 Å². The molecule has 1 aromatic carbocycles. The van der Waals surface area contributed by atoms with Crippen LogP contribution in [0.4, 0.5) is 0 Å². The van der Waals surface area contributed by atoms with Crippen molar-refractivity contribution in [3.8, 4) is 0 Å². The zero-order valence-corrected chi connectivity index (χ0v) is 13.8. The predicted octanol–water partition coefficient (Wildman–Crippen LogP) is 4.98. The van der Waals surface area contributed by atoms with Crippen LogP contribution in [0.2, 0.25) is 5.02 Å². The molecule has 0 bridgehead atoms. The minimum Gasteiger partial charge on any atom is -0.347 e. The molecule has 1 N–H and O–H groups in total. The van der Waals surface area contributed by atoms with E-state index in [0.717, 1.165) is 30.1 Å². The molecule has 114 valence electrons. The van der Waals surface area contributed by atoms with Crippen molar-refractivity contribution < 1.29 is 0 Å². The highest BCUT2D eigenvalue weighted by atomic mass is 35.5. The number of aryl methyl sites for hydroxylation is 1. The zero-order chi connectivity index (χ0) is 14.8. The van der Waals surface area contributed by atoms with E-state index in [1.54, 1.807) is 0 Å². The van der Waals surface area contributed by atoms with E-state index in [1.807, 2.05) is 6.07 Å². The highest BCUT2D eigenvalue weighted by molar-refractivity contribution is 6.31. The molecule has 0 atom stereocenters. The second-order valence-corrected chi connectivity index (χ2v) is 7.14. The monoisotopic (exact) mass is 304 g/mol. The maximum atomic E-state index is 6.19. The van der Waals surface area contributed by atoms with Crippen molar-refractivity contribution in [3.05, 3.63) is 35.0 Å². The fourth-order valence-electron chi connectivity index (χ4n) is 2.88. The minimum absolute atomic E-state index is 0.747. The van der Waals surface area contributed by atoms with Crippen LogP contribution in [0.5, 0.6) is 0 Å². The summed E-state index contributed by atoms with van der Waals surface area (Å²) in [6.45, 7) is 6.63. The molecule has 1 aromatic heterocycles. The van der Waals surface area contributed by atoms with E-state index in [4.69, 9.17) is 11.6 Å². The summed E-state index contributed by atoms with van der Waals surface area (Å²) in [6, 6.07) is 7.02. The Morgan fingerprint density at radius 2 is 2.14 bits per heavy atom. The Hall–Kier alpha value is -0.990. The van der Waals surface area contributed by atoms with Crippen molar-refractivity contribution in [1.29, 1.82) is 0 Å². The van der Waals surface area contributed by atoms with Crippen LogP contribution < -0.4 is 5.32 Å². The summed E-state index contributed by atoms with van der Waals surface area (Å²) in [5, 5.41) is 5.79. The minimum atomic E-state index is 0.747. The van der Waals surface area contributed by atoms with Crippen molar-refractivity contribution in [1.82, 2.24) is 9.88 Å². The zero-order valence-electron chi connectivity index (χ0n) is 13.0. The number of halogens is 1. The first-order valence-corrected chi connectivity index (χ1v) is 8.52. The lowest BCUT2D eigenvalue weighted by atomic mass is 10.1. The molecule has 1 fully saturated rings. The van der Waals surface area contributed by atoms with E-state index >= 15 is 0 Å². The van der Waals surface area contributed by atoms with Crippen LogP contribution in [-0.4, -0.2) is 10.6 Å². The maximum absolute atomic E-state index is 6.19. The second kappa shape index (κ2) is 6.41. The Kier molecular flexibility index (Phi) is 4.56. The lowest BCUT2D eigenvalue weighted by Gasteiger charge is -2.07. The quantitative estimate of drug-likeness (QED) is 0.763. The number of nitrogens with one attached hydrogen (secondary N) is 1. The van der Waals surface area contributed by atoms with Gasteiger partial charge >= 0.3 is 0 Å². The number of hydrogen-bond donors (Lipinski definition) is 1. The van der Waals surface area contributed by atoms with Crippen LogP contribution in [0.15, 0.2) is 24.4 Å². The third kappa shape index (κ3) is 3.81. The lowest BCUT2D eigenvalue weighted by Crippen LogP contribution is -2.14. The summed E-state index contributed by atoms with van der Waals surface area (Å²) >= 11 is 6.19. The molecule has 0 amide bonds. The first-order chi connectivity index (χ1) is 10.1. The summed E-state index contributed by atoms with van der Waals surface area (Å²) in [6.07, 6.45) is 7.48. The highest BCUT2D eigenvalue weighted by Gasteiger charge is 2.20. The summed E-state index contributed by atoms with van der Waals surface area (Å²) in [7, 11) is 0. The Morgan fingerprint density at radius 3 is 2.86 bits per heavy atom. The largest absolute Gasteiger partial charge is 0.347 e. The van der Waals surface area contributed by atoms with Crippen molar-refractivity contribution in [2.24, 2.45) is 5.92 Å².